The molecule has 0 spiro atoms. The minimum Gasteiger partial charge on any atom is -0.422 e. The van der Waals surface area contributed by atoms with Crippen LogP contribution in [0.1, 0.15) is 0 Å². The number of halogens is 3. The lowest BCUT2D eigenvalue weighted by atomic mass is 10.3. The lowest BCUT2D eigenvalue weighted by Crippen LogP contribution is -2.17. The van der Waals surface area contributed by atoms with Crippen LogP contribution in [0.15, 0.2) is 25.6 Å². The van der Waals surface area contributed by atoms with Crippen LogP contribution in [0.3, 0.4) is 0 Å². The molecular formula is C11H11Br3O4. The summed E-state index contributed by atoms with van der Waals surface area (Å²) < 4.78 is 17.3. The number of carbonyl (C=O) groups excluding carboxylic acids is 1. The maximum absolute atomic E-state index is 11.5. The predicted molar refractivity (Wildman–Crippen MR) is 77.9 cm³/mol. The summed E-state index contributed by atoms with van der Waals surface area (Å²) in [6.07, 6.45) is 0. The van der Waals surface area contributed by atoms with Crippen molar-refractivity contribution >= 4 is 53.8 Å². The summed E-state index contributed by atoms with van der Waals surface area (Å²) in [5.41, 5.74) is 0. The molecule has 1 rings (SSSR count). The molecule has 0 unspecified atom stereocenters. The van der Waals surface area contributed by atoms with Gasteiger partial charge < -0.3 is 14.2 Å². The van der Waals surface area contributed by atoms with E-state index in [1.54, 1.807) is 19.2 Å². The van der Waals surface area contributed by atoms with Crippen LogP contribution in [0.4, 0.5) is 0 Å². The van der Waals surface area contributed by atoms with E-state index in [-0.39, 0.29) is 6.61 Å². The maximum Gasteiger partial charge on any atom is 0.337 e. The van der Waals surface area contributed by atoms with Gasteiger partial charge in [-0.2, -0.15) is 0 Å². The number of methoxy groups -OCH3 is 1. The molecule has 0 aliphatic heterocycles. The molecule has 0 heterocycles. The highest BCUT2D eigenvalue weighted by molar-refractivity contribution is 9.11. The molecule has 0 amide bonds. The fourth-order valence-corrected chi connectivity index (χ4v) is 3.49. The molecule has 0 radical (unpaired) electrons. The number of ether oxygens (including phenoxy) is 3. The zero-order valence-electron chi connectivity index (χ0n) is 9.54. The molecule has 7 heteroatoms. The van der Waals surface area contributed by atoms with E-state index in [1.807, 2.05) is 0 Å². The van der Waals surface area contributed by atoms with Crippen LogP contribution in [-0.2, 0) is 14.3 Å². The SMILES string of the molecule is COCCOCC(=O)Oc1c(Br)cc(Br)cc1Br. The third-order valence-electron chi connectivity index (χ3n) is 1.83. The first-order chi connectivity index (χ1) is 8.54. The number of esters is 1. The highest BCUT2D eigenvalue weighted by atomic mass is 79.9. The smallest absolute Gasteiger partial charge is 0.337 e. The number of rotatable bonds is 6. The van der Waals surface area contributed by atoms with Gasteiger partial charge in [0.25, 0.3) is 0 Å². The van der Waals surface area contributed by atoms with Crippen molar-refractivity contribution in [3.8, 4) is 5.75 Å². The van der Waals surface area contributed by atoms with Gasteiger partial charge in [0.05, 0.1) is 22.2 Å². The van der Waals surface area contributed by atoms with E-state index in [0.29, 0.717) is 27.9 Å². The second-order valence-electron chi connectivity index (χ2n) is 3.22. The van der Waals surface area contributed by atoms with Crippen LogP contribution in [0.5, 0.6) is 5.75 Å². The zero-order valence-corrected chi connectivity index (χ0v) is 14.3. The minimum atomic E-state index is -0.463. The average Bonchev–Trinajstić information content (AvgIpc) is 2.29. The maximum atomic E-state index is 11.5. The third-order valence-corrected chi connectivity index (χ3v) is 3.47. The topological polar surface area (TPSA) is 44.8 Å². The Hall–Kier alpha value is 0.0500. The molecule has 1 aromatic rings. The van der Waals surface area contributed by atoms with Gasteiger partial charge in [-0.3, -0.25) is 0 Å². The van der Waals surface area contributed by atoms with Gasteiger partial charge in [0.15, 0.2) is 5.75 Å². The number of hydrogen-bond donors (Lipinski definition) is 0. The van der Waals surface area contributed by atoms with Crippen molar-refractivity contribution in [1.82, 2.24) is 0 Å². The van der Waals surface area contributed by atoms with Crippen molar-refractivity contribution in [3.63, 3.8) is 0 Å². The van der Waals surface area contributed by atoms with Crippen LogP contribution in [0.25, 0.3) is 0 Å². The first-order valence-corrected chi connectivity index (χ1v) is 7.34. The summed E-state index contributed by atoms with van der Waals surface area (Å²) in [7, 11) is 1.57. The van der Waals surface area contributed by atoms with Gasteiger partial charge in [-0.05, 0) is 44.0 Å². The molecule has 0 saturated heterocycles. The number of hydrogen-bond acceptors (Lipinski definition) is 4. The predicted octanol–water partition coefficient (Wildman–Crippen LogP) is 3.54. The van der Waals surface area contributed by atoms with Crippen molar-refractivity contribution in [2.24, 2.45) is 0 Å². The van der Waals surface area contributed by atoms with E-state index < -0.39 is 5.97 Å². The van der Waals surface area contributed by atoms with E-state index in [1.165, 1.54) is 0 Å². The second kappa shape index (κ2) is 8.27. The standard InChI is InChI=1S/C11H11Br3O4/c1-16-2-3-17-6-10(15)18-11-8(13)4-7(12)5-9(11)14/h4-5H,2-3,6H2,1H3. The summed E-state index contributed by atoms with van der Waals surface area (Å²) in [6, 6.07) is 3.58. The lowest BCUT2D eigenvalue weighted by Gasteiger charge is -2.09. The second-order valence-corrected chi connectivity index (χ2v) is 5.84. The van der Waals surface area contributed by atoms with Gasteiger partial charge in [-0.25, -0.2) is 4.79 Å². The first-order valence-electron chi connectivity index (χ1n) is 4.96. The van der Waals surface area contributed by atoms with Gasteiger partial charge in [-0.15, -0.1) is 0 Å². The lowest BCUT2D eigenvalue weighted by molar-refractivity contribution is -0.140. The van der Waals surface area contributed by atoms with E-state index >= 15 is 0 Å². The summed E-state index contributed by atoms with van der Waals surface area (Å²) in [5, 5.41) is 0. The highest BCUT2D eigenvalue weighted by Crippen LogP contribution is 2.36. The molecule has 0 bridgehead atoms. The minimum absolute atomic E-state index is 0.113. The van der Waals surface area contributed by atoms with E-state index in [0.717, 1.165) is 4.47 Å². The normalized spacial score (nSPS) is 10.4. The van der Waals surface area contributed by atoms with Crippen LogP contribution >= 0.6 is 47.8 Å². The van der Waals surface area contributed by atoms with E-state index in [9.17, 15) is 4.79 Å². The largest absolute Gasteiger partial charge is 0.422 e. The molecule has 0 aliphatic carbocycles. The quantitative estimate of drug-likeness (QED) is 0.381. The molecule has 100 valence electrons. The Morgan fingerprint density at radius 1 is 1.17 bits per heavy atom. The molecule has 0 saturated carbocycles. The molecular weight excluding hydrogens is 436 g/mol. The molecule has 0 N–H and O–H groups in total. The Kier molecular flexibility index (Phi) is 7.40. The average molecular weight is 447 g/mol. The molecule has 0 aromatic heterocycles. The van der Waals surface area contributed by atoms with Crippen molar-refractivity contribution in [2.75, 3.05) is 26.9 Å². The van der Waals surface area contributed by atoms with E-state index in [2.05, 4.69) is 47.8 Å². The Bertz CT molecular complexity index is 400. The Balaban J connectivity index is 2.54. The summed E-state index contributed by atoms with van der Waals surface area (Å²) in [5.74, 6) is -0.0339. The molecule has 0 atom stereocenters. The monoisotopic (exact) mass is 444 g/mol. The molecule has 1 aromatic carbocycles. The van der Waals surface area contributed by atoms with Crippen molar-refractivity contribution in [3.05, 3.63) is 25.6 Å². The van der Waals surface area contributed by atoms with Crippen molar-refractivity contribution < 1.29 is 19.0 Å². The Morgan fingerprint density at radius 3 is 2.33 bits per heavy atom. The summed E-state index contributed by atoms with van der Waals surface area (Å²) in [4.78, 5) is 11.5. The van der Waals surface area contributed by atoms with Crippen molar-refractivity contribution in [1.29, 1.82) is 0 Å². The van der Waals surface area contributed by atoms with Crippen LogP contribution in [-0.4, -0.2) is 32.9 Å². The van der Waals surface area contributed by atoms with Crippen LogP contribution < -0.4 is 4.74 Å². The fraction of sp³-hybridized carbons (Fsp3) is 0.364. The molecule has 4 nitrogen and oxygen atoms in total. The summed E-state index contributed by atoms with van der Waals surface area (Å²) >= 11 is 9.98. The van der Waals surface area contributed by atoms with Crippen molar-refractivity contribution in [2.45, 2.75) is 0 Å². The number of carbonyl (C=O) groups is 1. The van der Waals surface area contributed by atoms with Gasteiger partial charge in [0.2, 0.25) is 0 Å². The van der Waals surface area contributed by atoms with Crippen LogP contribution in [0.2, 0.25) is 0 Å². The Morgan fingerprint density at radius 2 is 1.78 bits per heavy atom. The van der Waals surface area contributed by atoms with Gasteiger partial charge in [0, 0.05) is 11.6 Å². The molecule has 0 aliphatic rings. The fourth-order valence-electron chi connectivity index (χ4n) is 1.07. The van der Waals surface area contributed by atoms with Gasteiger partial charge >= 0.3 is 5.97 Å². The Labute approximate surface area is 130 Å². The molecule has 18 heavy (non-hydrogen) atoms. The van der Waals surface area contributed by atoms with E-state index in [4.69, 9.17) is 14.2 Å². The summed E-state index contributed by atoms with van der Waals surface area (Å²) in [6.45, 7) is 0.686. The van der Waals surface area contributed by atoms with Gasteiger partial charge in [-0.1, -0.05) is 15.9 Å². The highest BCUT2D eigenvalue weighted by Gasteiger charge is 2.13. The van der Waals surface area contributed by atoms with Crippen LogP contribution in [0, 0.1) is 0 Å². The third kappa shape index (κ3) is 5.36. The van der Waals surface area contributed by atoms with Gasteiger partial charge in [0.1, 0.15) is 6.61 Å². The first kappa shape index (κ1) is 16.1. The number of benzene rings is 1. The zero-order chi connectivity index (χ0) is 13.5. The molecule has 0 fully saturated rings.